The molecule has 1 aromatic carbocycles. The fourth-order valence-corrected chi connectivity index (χ4v) is 2.88. The number of carbonyl (C=O) groups is 1. The van der Waals surface area contributed by atoms with Crippen LogP contribution in [0.3, 0.4) is 0 Å². The number of rotatable bonds is 3. The summed E-state index contributed by atoms with van der Waals surface area (Å²) in [5, 5.41) is 3.98. The van der Waals surface area contributed by atoms with Crippen molar-refractivity contribution in [1.82, 2.24) is 14.9 Å². The molecule has 0 spiro atoms. The topological polar surface area (TPSA) is 49.0 Å². The van der Waals surface area contributed by atoms with Crippen molar-refractivity contribution < 1.29 is 4.79 Å². The zero-order valence-electron chi connectivity index (χ0n) is 11.4. The Balaban J connectivity index is 1.86. The number of nitrogens with one attached hydrogen (secondary N) is 1. The highest BCUT2D eigenvalue weighted by Gasteiger charge is 2.16. The number of benzene rings is 1. The lowest BCUT2D eigenvalue weighted by Gasteiger charge is -2.16. The summed E-state index contributed by atoms with van der Waals surface area (Å²) in [4.78, 5) is 21.8. The number of amides is 1. The zero-order chi connectivity index (χ0) is 14.1. The molecular weight excluding hydrogens is 270 g/mol. The van der Waals surface area contributed by atoms with E-state index in [0.29, 0.717) is 6.54 Å². The van der Waals surface area contributed by atoms with Crippen LogP contribution in [0.4, 0.5) is 0 Å². The van der Waals surface area contributed by atoms with E-state index in [2.05, 4.69) is 9.97 Å². The van der Waals surface area contributed by atoms with Gasteiger partial charge in [-0.1, -0.05) is 6.07 Å². The van der Waals surface area contributed by atoms with Crippen molar-refractivity contribution in [1.29, 1.82) is 0 Å². The molecule has 1 amide bonds. The molecule has 0 bridgehead atoms. The van der Waals surface area contributed by atoms with Gasteiger partial charge in [0.25, 0.3) is 5.91 Å². The Hall–Kier alpha value is -2.14. The molecule has 3 aromatic rings. The number of thiazole rings is 1. The van der Waals surface area contributed by atoms with Gasteiger partial charge in [0.1, 0.15) is 0 Å². The minimum Gasteiger partial charge on any atom is -0.361 e. The van der Waals surface area contributed by atoms with Crippen LogP contribution in [0, 0.1) is 6.92 Å². The van der Waals surface area contributed by atoms with Crippen LogP contribution in [0.25, 0.3) is 10.9 Å². The van der Waals surface area contributed by atoms with Crippen LogP contribution in [-0.2, 0) is 6.54 Å². The minimum absolute atomic E-state index is 0.0147. The maximum atomic E-state index is 12.6. The van der Waals surface area contributed by atoms with Crippen LogP contribution in [-0.4, -0.2) is 27.8 Å². The van der Waals surface area contributed by atoms with Gasteiger partial charge >= 0.3 is 0 Å². The van der Waals surface area contributed by atoms with Gasteiger partial charge < -0.3 is 9.88 Å². The largest absolute Gasteiger partial charge is 0.361 e. The minimum atomic E-state index is 0.0147. The van der Waals surface area contributed by atoms with Gasteiger partial charge in [0.2, 0.25) is 0 Å². The quantitative estimate of drug-likeness (QED) is 0.803. The molecule has 4 nitrogen and oxygen atoms in total. The number of hydrogen-bond acceptors (Lipinski definition) is 3. The average molecular weight is 285 g/mol. The first kappa shape index (κ1) is 12.9. The van der Waals surface area contributed by atoms with Crippen molar-refractivity contribution in [2.24, 2.45) is 0 Å². The van der Waals surface area contributed by atoms with Gasteiger partial charge in [0.05, 0.1) is 17.2 Å². The van der Waals surface area contributed by atoms with Crippen molar-refractivity contribution in [2.75, 3.05) is 7.05 Å². The van der Waals surface area contributed by atoms with E-state index in [1.54, 1.807) is 16.2 Å². The fraction of sp³-hybridized carbons (Fsp3) is 0.200. The standard InChI is InChI=1S/C15H15N3OS/c1-10-17-11(9-20-10)8-18(2)15(19)13-4-3-5-14-12(13)6-7-16-14/h3-7,9,16H,8H2,1-2H3. The molecule has 0 saturated carbocycles. The van der Waals surface area contributed by atoms with Gasteiger partial charge in [0, 0.05) is 35.1 Å². The van der Waals surface area contributed by atoms with Crippen LogP contribution >= 0.6 is 11.3 Å². The van der Waals surface area contributed by atoms with Gasteiger partial charge in [-0.05, 0) is 25.1 Å². The van der Waals surface area contributed by atoms with Gasteiger partial charge in [0.15, 0.2) is 0 Å². The van der Waals surface area contributed by atoms with E-state index in [1.807, 2.05) is 49.8 Å². The van der Waals surface area contributed by atoms with Crippen molar-refractivity contribution >= 4 is 28.1 Å². The second-order valence-electron chi connectivity index (χ2n) is 4.76. The molecule has 5 heteroatoms. The first-order chi connectivity index (χ1) is 9.65. The fourth-order valence-electron chi connectivity index (χ4n) is 2.27. The smallest absolute Gasteiger partial charge is 0.254 e. The number of aromatic nitrogens is 2. The van der Waals surface area contributed by atoms with Crippen molar-refractivity contribution in [3.8, 4) is 0 Å². The molecule has 0 radical (unpaired) electrons. The number of aromatic amines is 1. The molecule has 0 unspecified atom stereocenters. The second-order valence-corrected chi connectivity index (χ2v) is 5.83. The lowest BCUT2D eigenvalue weighted by atomic mass is 10.1. The lowest BCUT2D eigenvalue weighted by molar-refractivity contribution is 0.0785. The number of fused-ring (bicyclic) bond motifs is 1. The molecular formula is C15H15N3OS. The Morgan fingerprint density at radius 1 is 1.40 bits per heavy atom. The predicted molar refractivity (Wildman–Crippen MR) is 80.9 cm³/mol. The van der Waals surface area contributed by atoms with Crippen LogP contribution in [0.2, 0.25) is 0 Å². The molecule has 2 heterocycles. The normalized spacial score (nSPS) is 10.9. The zero-order valence-corrected chi connectivity index (χ0v) is 12.2. The third-order valence-electron chi connectivity index (χ3n) is 3.24. The van der Waals surface area contributed by atoms with Gasteiger partial charge in [-0.3, -0.25) is 4.79 Å². The van der Waals surface area contributed by atoms with Gasteiger partial charge in [-0.2, -0.15) is 0 Å². The molecule has 0 aliphatic rings. The molecule has 0 aliphatic carbocycles. The molecule has 0 atom stereocenters. The SMILES string of the molecule is Cc1nc(CN(C)C(=O)c2cccc3[nH]ccc23)cs1. The van der Waals surface area contributed by atoms with Crippen molar-refractivity contribution in [3.05, 3.63) is 52.1 Å². The number of H-pyrrole nitrogens is 1. The number of aryl methyl sites for hydroxylation is 1. The van der Waals surface area contributed by atoms with Crippen LogP contribution in [0.15, 0.2) is 35.8 Å². The molecule has 1 N–H and O–H groups in total. The summed E-state index contributed by atoms with van der Waals surface area (Å²) in [6.45, 7) is 2.50. The summed E-state index contributed by atoms with van der Waals surface area (Å²) < 4.78 is 0. The lowest BCUT2D eigenvalue weighted by Crippen LogP contribution is -2.26. The summed E-state index contributed by atoms with van der Waals surface area (Å²) in [6, 6.07) is 7.66. The first-order valence-corrected chi connectivity index (χ1v) is 7.25. The highest BCUT2D eigenvalue weighted by Crippen LogP contribution is 2.19. The highest BCUT2D eigenvalue weighted by molar-refractivity contribution is 7.09. The average Bonchev–Trinajstić information content (AvgIpc) is 3.06. The Labute approximate surface area is 121 Å². The molecule has 102 valence electrons. The van der Waals surface area contributed by atoms with E-state index in [-0.39, 0.29) is 5.91 Å². The number of hydrogen-bond donors (Lipinski definition) is 1. The molecule has 0 saturated heterocycles. The molecule has 0 fully saturated rings. The van der Waals surface area contributed by atoms with E-state index in [0.717, 1.165) is 27.2 Å². The second kappa shape index (κ2) is 5.09. The van der Waals surface area contributed by atoms with Crippen LogP contribution < -0.4 is 0 Å². The Kier molecular flexibility index (Phi) is 3.28. The third kappa shape index (κ3) is 2.32. The number of nitrogens with zero attached hydrogens (tertiary/aromatic N) is 2. The summed E-state index contributed by atoms with van der Waals surface area (Å²) in [6.07, 6.45) is 1.85. The monoisotopic (exact) mass is 285 g/mol. The van der Waals surface area contributed by atoms with E-state index < -0.39 is 0 Å². The molecule has 3 rings (SSSR count). The molecule has 0 aliphatic heterocycles. The van der Waals surface area contributed by atoms with Gasteiger partial charge in [-0.15, -0.1) is 11.3 Å². The van der Waals surface area contributed by atoms with Gasteiger partial charge in [-0.25, -0.2) is 4.98 Å². The van der Waals surface area contributed by atoms with Crippen LogP contribution in [0.1, 0.15) is 21.1 Å². The van der Waals surface area contributed by atoms with Crippen molar-refractivity contribution in [3.63, 3.8) is 0 Å². The predicted octanol–water partition coefficient (Wildman–Crippen LogP) is 3.21. The van der Waals surface area contributed by atoms with E-state index in [9.17, 15) is 4.79 Å². The maximum Gasteiger partial charge on any atom is 0.254 e. The first-order valence-electron chi connectivity index (χ1n) is 6.38. The third-order valence-corrected chi connectivity index (χ3v) is 4.06. The van der Waals surface area contributed by atoms with E-state index in [4.69, 9.17) is 0 Å². The molecule has 20 heavy (non-hydrogen) atoms. The Morgan fingerprint density at radius 3 is 3.00 bits per heavy atom. The number of carbonyl (C=O) groups excluding carboxylic acids is 1. The Bertz CT molecular complexity index is 759. The van der Waals surface area contributed by atoms with E-state index >= 15 is 0 Å². The maximum absolute atomic E-state index is 12.6. The van der Waals surface area contributed by atoms with Crippen LogP contribution in [0.5, 0.6) is 0 Å². The summed E-state index contributed by atoms with van der Waals surface area (Å²) >= 11 is 1.60. The van der Waals surface area contributed by atoms with Crippen molar-refractivity contribution in [2.45, 2.75) is 13.5 Å². The van der Waals surface area contributed by atoms with E-state index in [1.165, 1.54) is 0 Å². The summed E-state index contributed by atoms with van der Waals surface area (Å²) in [5.41, 5.74) is 2.64. The summed E-state index contributed by atoms with van der Waals surface area (Å²) in [7, 11) is 1.81. The summed E-state index contributed by atoms with van der Waals surface area (Å²) in [5.74, 6) is 0.0147. The molecule has 2 aromatic heterocycles. The Morgan fingerprint density at radius 2 is 2.25 bits per heavy atom. The highest BCUT2D eigenvalue weighted by atomic mass is 32.1.